The van der Waals surface area contributed by atoms with E-state index in [-0.39, 0.29) is 18.2 Å². The first-order valence-electron chi connectivity index (χ1n) is 6.42. The summed E-state index contributed by atoms with van der Waals surface area (Å²) >= 11 is 3.59. The lowest BCUT2D eigenvalue weighted by Gasteiger charge is -2.20. The van der Waals surface area contributed by atoms with Crippen molar-refractivity contribution in [1.82, 2.24) is 0 Å². The summed E-state index contributed by atoms with van der Waals surface area (Å²) in [6, 6.07) is 6.32. The van der Waals surface area contributed by atoms with Crippen molar-refractivity contribution < 1.29 is 9.47 Å². The van der Waals surface area contributed by atoms with Crippen LogP contribution in [0.1, 0.15) is 18.5 Å². The molecule has 2 unspecified atom stereocenters. The molecule has 4 nitrogen and oxygen atoms in total. The Morgan fingerprint density at radius 3 is 2.26 bits per heavy atom. The predicted octanol–water partition coefficient (Wildman–Crippen LogP) is 2.32. The molecule has 0 bridgehead atoms. The predicted molar refractivity (Wildman–Crippen MR) is 80.6 cm³/mol. The molecular formula is C14H21BrN2O2. The summed E-state index contributed by atoms with van der Waals surface area (Å²) in [6.45, 7) is 3.68. The third-order valence-corrected chi connectivity index (χ3v) is 4.35. The van der Waals surface area contributed by atoms with Gasteiger partial charge in [0.25, 0.3) is 0 Å². The van der Waals surface area contributed by atoms with Crippen LogP contribution in [-0.4, -0.2) is 39.5 Å². The lowest BCUT2D eigenvalue weighted by atomic mass is 10.1. The average molecular weight is 329 g/mol. The molecule has 0 amide bonds. The summed E-state index contributed by atoms with van der Waals surface area (Å²) in [5.41, 5.74) is 8.21. The molecule has 1 heterocycles. The van der Waals surface area contributed by atoms with Crippen molar-refractivity contribution in [1.29, 1.82) is 0 Å². The second kappa shape index (κ2) is 6.22. The minimum Gasteiger partial charge on any atom is -0.377 e. The highest BCUT2D eigenvalue weighted by atomic mass is 79.9. The number of rotatable bonds is 4. The molecule has 1 fully saturated rings. The Hall–Kier alpha value is -0.620. The Labute approximate surface area is 123 Å². The number of nitrogens with zero attached hydrogens (tertiary/aromatic N) is 1. The molecule has 1 aromatic carbocycles. The van der Waals surface area contributed by atoms with Crippen LogP contribution in [0, 0.1) is 0 Å². The van der Waals surface area contributed by atoms with Gasteiger partial charge < -0.3 is 20.1 Å². The van der Waals surface area contributed by atoms with Crippen LogP contribution in [0.4, 0.5) is 5.69 Å². The van der Waals surface area contributed by atoms with Gasteiger partial charge in [0.05, 0.1) is 0 Å². The van der Waals surface area contributed by atoms with Gasteiger partial charge in [0.2, 0.25) is 0 Å². The van der Waals surface area contributed by atoms with Gasteiger partial charge in [-0.25, -0.2) is 0 Å². The van der Waals surface area contributed by atoms with Gasteiger partial charge in [-0.2, -0.15) is 0 Å². The topological polar surface area (TPSA) is 47.7 Å². The van der Waals surface area contributed by atoms with Crippen molar-refractivity contribution >= 4 is 21.6 Å². The number of benzene rings is 1. The van der Waals surface area contributed by atoms with E-state index < -0.39 is 0 Å². The molecular weight excluding hydrogens is 308 g/mol. The van der Waals surface area contributed by atoms with Crippen LogP contribution < -0.4 is 10.6 Å². The molecule has 0 saturated carbocycles. The number of anilines is 1. The zero-order valence-corrected chi connectivity index (χ0v) is 13.2. The second-order valence-electron chi connectivity index (χ2n) is 4.95. The number of ether oxygens (including phenoxy) is 2. The highest BCUT2D eigenvalue weighted by molar-refractivity contribution is 9.10. The highest BCUT2D eigenvalue weighted by Crippen LogP contribution is 2.30. The summed E-state index contributed by atoms with van der Waals surface area (Å²) in [5, 5.41) is 0. The zero-order chi connectivity index (χ0) is 14.0. The maximum Gasteiger partial charge on any atom is 0.102 e. The first-order valence-corrected chi connectivity index (χ1v) is 7.21. The highest BCUT2D eigenvalue weighted by Gasteiger charge is 2.33. The van der Waals surface area contributed by atoms with Gasteiger partial charge in [0, 0.05) is 43.5 Å². The monoisotopic (exact) mass is 328 g/mol. The van der Waals surface area contributed by atoms with Crippen LogP contribution in [-0.2, 0) is 9.47 Å². The van der Waals surface area contributed by atoms with Crippen molar-refractivity contribution in [2.24, 2.45) is 5.73 Å². The molecule has 1 saturated heterocycles. The molecule has 0 radical (unpaired) electrons. The van der Waals surface area contributed by atoms with Crippen molar-refractivity contribution in [2.75, 3.05) is 32.2 Å². The van der Waals surface area contributed by atoms with E-state index in [0.717, 1.165) is 28.8 Å². The first kappa shape index (κ1) is 14.8. The van der Waals surface area contributed by atoms with Gasteiger partial charge in [0.15, 0.2) is 0 Å². The van der Waals surface area contributed by atoms with Gasteiger partial charge in [-0.15, -0.1) is 0 Å². The quantitative estimate of drug-likeness (QED) is 0.921. The van der Waals surface area contributed by atoms with Gasteiger partial charge in [-0.1, -0.05) is 22.0 Å². The Morgan fingerprint density at radius 2 is 1.84 bits per heavy atom. The van der Waals surface area contributed by atoms with E-state index in [9.17, 15) is 0 Å². The van der Waals surface area contributed by atoms with Gasteiger partial charge >= 0.3 is 0 Å². The number of methoxy groups -OCH3 is 2. The summed E-state index contributed by atoms with van der Waals surface area (Å²) < 4.78 is 12.0. The largest absolute Gasteiger partial charge is 0.377 e. The molecule has 19 heavy (non-hydrogen) atoms. The summed E-state index contributed by atoms with van der Waals surface area (Å²) in [4.78, 5) is 2.28. The van der Waals surface area contributed by atoms with Crippen LogP contribution in [0.3, 0.4) is 0 Å². The normalized spacial score (nSPS) is 24.8. The standard InChI is InChI=1S/C14H21BrN2O2/c1-9(16)11-5-4-10(6-12(11)15)17-7-13(18-2)14(8-17)19-3/h4-6,9,13-14H,7-8,16H2,1-3H3/t9-,13?,14?/m1/s1. The Bertz CT molecular complexity index is 427. The van der Waals surface area contributed by atoms with Crippen LogP contribution in [0.2, 0.25) is 0 Å². The molecule has 1 aliphatic heterocycles. The minimum absolute atomic E-state index is 0.0282. The van der Waals surface area contributed by atoms with Crippen LogP contribution >= 0.6 is 15.9 Å². The SMILES string of the molecule is COC1CN(c2ccc([C@@H](C)N)c(Br)c2)CC1OC. The van der Waals surface area contributed by atoms with Crippen molar-refractivity contribution in [3.05, 3.63) is 28.2 Å². The summed E-state index contributed by atoms with van der Waals surface area (Å²) in [7, 11) is 3.46. The fourth-order valence-corrected chi connectivity index (χ4v) is 3.22. The van der Waals surface area contributed by atoms with Gasteiger partial charge in [0.1, 0.15) is 12.2 Å². The molecule has 2 N–H and O–H groups in total. The Morgan fingerprint density at radius 1 is 1.26 bits per heavy atom. The third kappa shape index (κ3) is 3.11. The molecule has 106 valence electrons. The molecule has 0 aliphatic carbocycles. The van der Waals surface area contributed by atoms with E-state index in [1.54, 1.807) is 14.2 Å². The lowest BCUT2D eigenvalue weighted by molar-refractivity contribution is -0.00461. The molecule has 1 aliphatic rings. The molecule has 3 atom stereocenters. The van der Waals surface area contributed by atoms with Gasteiger partial charge in [-0.05, 0) is 24.6 Å². The molecule has 0 spiro atoms. The van der Waals surface area contributed by atoms with E-state index in [2.05, 4.69) is 39.0 Å². The van der Waals surface area contributed by atoms with Crippen molar-refractivity contribution in [2.45, 2.75) is 25.2 Å². The average Bonchev–Trinajstić information content (AvgIpc) is 2.81. The van der Waals surface area contributed by atoms with Crippen molar-refractivity contribution in [3.8, 4) is 0 Å². The van der Waals surface area contributed by atoms with Crippen LogP contribution in [0.15, 0.2) is 22.7 Å². The number of halogens is 1. The van der Waals surface area contributed by atoms with E-state index in [1.807, 2.05) is 6.92 Å². The third-order valence-electron chi connectivity index (χ3n) is 3.66. The number of hydrogen-bond acceptors (Lipinski definition) is 4. The first-order chi connectivity index (χ1) is 9.06. The summed E-state index contributed by atoms with van der Waals surface area (Å²) in [6.07, 6.45) is 0.244. The second-order valence-corrected chi connectivity index (χ2v) is 5.80. The molecule has 1 aromatic rings. The van der Waals surface area contributed by atoms with Crippen LogP contribution in [0.5, 0.6) is 0 Å². The van der Waals surface area contributed by atoms with E-state index in [4.69, 9.17) is 15.2 Å². The Balaban J connectivity index is 2.17. The van der Waals surface area contributed by atoms with E-state index in [0.29, 0.717) is 0 Å². The number of nitrogens with two attached hydrogens (primary N) is 1. The van der Waals surface area contributed by atoms with Crippen LogP contribution in [0.25, 0.3) is 0 Å². The Kier molecular flexibility index (Phi) is 4.84. The molecule has 2 rings (SSSR count). The van der Waals surface area contributed by atoms with Crippen molar-refractivity contribution in [3.63, 3.8) is 0 Å². The molecule has 0 aromatic heterocycles. The maximum absolute atomic E-state index is 5.92. The van der Waals surface area contributed by atoms with E-state index >= 15 is 0 Å². The minimum atomic E-state index is 0.0282. The number of hydrogen-bond donors (Lipinski definition) is 1. The lowest BCUT2D eigenvalue weighted by Crippen LogP contribution is -2.27. The smallest absolute Gasteiger partial charge is 0.102 e. The van der Waals surface area contributed by atoms with Gasteiger partial charge in [-0.3, -0.25) is 0 Å². The molecule has 5 heteroatoms. The fraction of sp³-hybridized carbons (Fsp3) is 0.571. The zero-order valence-electron chi connectivity index (χ0n) is 11.6. The van der Waals surface area contributed by atoms with E-state index in [1.165, 1.54) is 0 Å². The maximum atomic E-state index is 5.92. The fourth-order valence-electron chi connectivity index (χ4n) is 2.49. The summed E-state index contributed by atoms with van der Waals surface area (Å²) in [5.74, 6) is 0.